The van der Waals surface area contributed by atoms with Crippen LogP contribution < -0.4 is 9.47 Å². The number of aromatic nitrogens is 2. The molecule has 1 aromatic heterocycles. The number of ether oxygens (including phenoxy) is 2. The number of carbonyl (C=O) groups excluding carboxylic acids is 1. The minimum absolute atomic E-state index is 0.155. The van der Waals surface area contributed by atoms with Crippen LogP contribution >= 0.6 is 0 Å². The van der Waals surface area contributed by atoms with E-state index in [1.54, 1.807) is 23.2 Å². The summed E-state index contributed by atoms with van der Waals surface area (Å²) in [6, 6.07) is 14.7. The summed E-state index contributed by atoms with van der Waals surface area (Å²) in [5, 5.41) is 4.34. The van der Waals surface area contributed by atoms with Gasteiger partial charge in [0.15, 0.2) is 11.5 Å². The number of hydrogen-bond donors (Lipinski definition) is 0. The van der Waals surface area contributed by atoms with Crippen molar-refractivity contribution in [2.24, 2.45) is 0 Å². The van der Waals surface area contributed by atoms with Crippen LogP contribution in [0.5, 0.6) is 11.5 Å². The Kier molecular flexibility index (Phi) is 6.56. The lowest BCUT2D eigenvalue weighted by Crippen LogP contribution is -2.50. The molecule has 0 bridgehead atoms. The monoisotopic (exact) mass is 494 g/mol. The van der Waals surface area contributed by atoms with Crippen molar-refractivity contribution in [1.29, 1.82) is 0 Å². The molecular weight excluding hydrogens is 468 g/mol. The Bertz CT molecular complexity index is 1330. The van der Waals surface area contributed by atoms with Crippen molar-refractivity contribution in [2.45, 2.75) is 11.4 Å². The standard InChI is InChI=1S/C25H26N4O5S/c30-25(9-6-21-17-26-28(19-21)18-20-4-2-1-3-5-20)27-10-12-29(13-11-27)35(31,32)22-7-8-23-24(16-22)34-15-14-33-23/h1-9,16-17,19H,10-15,18H2. The fourth-order valence-electron chi connectivity index (χ4n) is 4.08. The van der Waals surface area contributed by atoms with Gasteiger partial charge in [0.1, 0.15) is 13.2 Å². The molecule has 0 N–H and O–H groups in total. The second-order valence-corrected chi connectivity index (χ2v) is 10.3. The molecule has 3 aromatic rings. The van der Waals surface area contributed by atoms with Gasteiger partial charge < -0.3 is 14.4 Å². The molecule has 0 aliphatic carbocycles. The summed E-state index contributed by atoms with van der Waals surface area (Å²) in [5.74, 6) is 0.823. The van der Waals surface area contributed by atoms with Gasteiger partial charge in [0.2, 0.25) is 15.9 Å². The predicted octanol–water partition coefficient (Wildman–Crippen LogP) is 2.25. The van der Waals surface area contributed by atoms with Crippen LogP contribution in [0, 0.1) is 0 Å². The lowest BCUT2D eigenvalue weighted by atomic mass is 10.2. The third-order valence-electron chi connectivity index (χ3n) is 5.96. The van der Waals surface area contributed by atoms with E-state index < -0.39 is 10.0 Å². The van der Waals surface area contributed by atoms with E-state index in [1.807, 2.05) is 41.2 Å². The summed E-state index contributed by atoms with van der Waals surface area (Å²) in [6.07, 6.45) is 6.84. The van der Waals surface area contributed by atoms with Crippen LogP contribution in [0.15, 0.2) is 71.9 Å². The molecule has 0 radical (unpaired) electrons. The molecule has 1 fully saturated rings. The van der Waals surface area contributed by atoms with Gasteiger partial charge in [-0.15, -0.1) is 0 Å². The van der Waals surface area contributed by atoms with Gasteiger partial charge in [0.25, 0.3) is 0 Å². The van der Waals surface area contributed by atoms with E-state index >= 15 is 0 Å². The van der Waals surface area contributed by atoms with E-state index in [4.69, 9.17) is 9.47 Å². The van der Waals surface area contributed by atoms with E-state index in [0.717, 1.165) is 11.1 Å². The number of amides is 1. The lowest BCUT2D eigenvalue weighted by Gasteiger charge is -2.33. The molecule has 1 amide bonds. The van der Waals surface area contributed by atoms with Crippen LogP contribution in [0.3, 0.4) is 0 Å². The summed E-state index contributed by atoms with van der Waals surface area (Å²) < 4.78 is 40.4. The van der Waals surface area contributed by atoms with Gasteiger partial charge >= 0.3 is 0 Å². The van der Waals surface area contributed by atoms with Gasteiger partial charge in [0, 0.05) is 50.1 Å². The first-order chi connectivity index (χ1) is 17.0. The van der Waals surface area contributed by atoms with Crippen molar-refractivity contribution < 1.29 is 22.7 Å². The smallest absolute Gasteiger partial charge is 0.246 e. The van der Waals surface area contributed by atoms with Gasteiger partial charge in [-0.3, -0.25) is 9.48 Å². The fourth-order valence-corrected chi connectivity index (χ4v) is 5.52. The Morgan fingerprint density at radius 1 is 0.971 bits per heavy atom. The molecule has 0 unspecified atom stereocenters. The molecule has 35 heavy (non-hydrogen) atoms. The quantitative estimate of drug-likeness (QED) is 0.488. The molecule has 3 heterocycles. The number of carbonyl (C=O) groups is 1. The van der Waals surface area contributed by atoms with Crippen molar-refractivity contribution >= 4 is 22.0 Å². The highest BCUT2D eigenvalue weighted by Gasteiger charge is 2.30. The molecule has 2 aliphatic rings. The first-order valence-corrected chi connectivity index (χ1v) is 12.9. The van der Waals surface area contributed by atoms with Gasteiger partial charge in [-0.1, -0.05) is 30.3 Å². The van der Waals surface area contributed by atoms with E-state index in [0.29, 0.717) is 44.3 Å². The Balaban J connectivity index is 1.17. The zero-order chi connectivity index (χ0) is 24.3. The maximum atomic E-state index is 13.1. The molecule has 1 saturated heterocycles. The Hall–Kier alpha value is -3.63. The molecule has 0 saturated carbocycles. The topological polar surface area (TPSA) is 94.0 Å². The van der Waals surface area contributed by atoms with Crippen LogP contribution in [-0.4, -0.2) is 72.7 Å². The number of benzene rings is 2. The van der Waals surface area contributed by atoms with Crippen molar-refractivity contribution in [3.8, 4) is 11.5 Å². The van der Waals surface area contributed by atoms with Crippen LogP contribution in [0.2, 0.25) is 0 Å². The number of piperazine rings is 1. The van der Waals surface area contributed by atoms with Gasteiger partial charge in [-0.25, -0.2) is 8.42 Å². The number of sulfonamides is 1. The fraction of sp³-hybridized carbons (Fsp3) is 0.280. The molecule has 9 nitrogen and oxygen atoms in total. The molecule has 10 heteroatoms. The van der Waals surface area contributed by atoms with E-state index in [1.165, 1.54) is 22.5 Å². The molecule has 2 aliphatic heterocycles. The van der Waals surface area contributed by atoms with Crippen LogP contribution in [0.4, 0.5) is 0 Å². The molecule has 2 aromatic carbocycles. The summed E-state index contributed by atoms with van der Waals surface area (Å²) in [5.41, 5.74) is 1.97. The first kappa shape index (κ1) is 23.1. The number of fused-ring (bicyclic) bond motifs is 1. The second-order valence-electron chi connectivity index (χ2n) is 8.33. The zero-order valence-electron chi connectivity index (χ0n) is 19.1. The Morgan fingerprint density at radius 3 is 2.49 bits per heavy atom. The molecule has 0 spiro atoms. The summed E-state index contributed by atoms with van der Waals surface area (Å²) in [6.45, 7) is 2.58. The molecule has 182 valence electrons. The summed E-state index contributed by atoms with van der Waals surface area (Å²) in [4.78, 5) is 14.5. The third-order valence-corrected chi connectivity index (χ3v) is 7.86. The number of rotatable bonds is 6. The Morgan fingerprint density at radius 2 is 1.71 bits per heavy atom. The highest BCUT2D eigenvalue weighted by molar-refractivity contribution is 7.89. The van der Waals surface area contributed by atoms with Crippen molar-refractivity contribution in [3.63, 3.8) is 0 Å². The van der Waals surface area contributed by atoms with E-state index in [2.05, 4.69) is 5.10 Å². The second kappa shape index (κ2) is 9.93. The van der Waals surface area contributed by atoms with Crippen LogP contribution in [0.25, 0.3) is 6.08 Å². The average Bonchev–Trinajstić information content (AvgIpc) is 3.34. The van der Waals surface area contributed by atoms with Crippen LogP contribution in [0.1, 0.15) is 11.1 Å². The maximum absolute atomic E-state index is 13.1. The van der Waals surface area contributed by atoms with Crippen molar-refractivity contribution in [1.82, 2.24) is 19.0 Å². The lowest BCUT2D eigenvalue weighted by molar-refractivity contribution is -0.127. The predicted molar refractivity (Wildman–Crippen MR) is 130 cm³/mol. The molecule has 5 rings (SSSR count). The number of hydrogen-bond acceptors (Lipinski definition) is 6. The third kappa shape index (κ3) is 5.23. The largest absolute Gasteiger partial charge is 0.486 e. The van der Waals surface area contributed by atoms with Crippen molar-refractivity contribution in [2.75, 3.05) is 39.4 Å². The van der Waals surface area contributed by atoms with Gasteiger partial charge in [0.05, 0.1) is 17.6 Å². The zero-order valence-corrected chi connectivity index (χ0v) is 19.9. The minimum atomic E-state index is -3.69. The maximum Gasteiger partial charge on any atom is 0.246 e. The Labute approximate surface area is 204 Å². The summed E-state index contributed by atoms with van der Waals surface area (Å²) in [7, 11) is -3.69. The first-order valence-electron chi connectivity index (χ1n) is 11.4. The normalized spacial score (nSPS) is 16.5. The summed E-state index contributed by atoms with van der Waals surface area (Å²) >= 11 is 0. The van der Waals surface area contributed by atoms with E-state index in [-0.39, 0.29) is 23.9 Å². The molecule has 0 atom stereocenters. The number of nitrogens with zero attached hydrogens (tertiary/aromatic N) is 4. The molecular formula is C25H26N4O5S. The minimum Gasteiger partial charge on any atom is -0.486 e. The highest BCUT2D eigenvalue weighted by atomic mass is 32.2. The highest BCUT2D eigenvalue weighted by Crippen LogP contribution is 2.33. The van der Waals surface area contributed by atoms with Gasteiger partial charge in [-0.05, 0) is 23.8 Å². The van der Waals surface area contributed by atoms with Gasteiger partial charge in [-0.2, -0.15) is 9.40 Å². The van der Waals surface area contributed by atoms with Crippen molar-refractivity contribution in [3.05, 3.63) is 78.1 Å². The van der Waals surface area contributed by atoms with Crippen LogP contribution in [-0.2, 0) is 21.4 Å². The average molecular weight is 495 g/mol. The van der Waals surface area contributed by atoms with E-state index in [9.17, 15) is 13.2 Å². The SMILES string of the molecule is O=C(C=Cc1cnn(Cc2ccccc2)c1)N1CCN(S(=O)(=O)c2ccc3c(c2)OCCO3)CC1.